The molecule has 11 heteroatoms. The molecule has 4 N–H and O–H groups in total. The minimum absolute atomic E-state index is 0.0358. The van der Waals surface area contributed by atoms with E-state index < -0.39 is 6.36 Å². The summed E-state index contributed by atoms with van der Waals surface area (Å²) >= 11 is 0. The maximum Gasteiger partial charge on any atom is 0.573 e. The van der Waals surface area contributed by atoms with E-state index in [2.05, 4.69) is 36.3 Å². The number of benzene rings is 1. The third-order valence-electron chi connectivity index (χ3n) is 8.89. The van der Waals surface area contributed by atoms with Crippen LogP contribution < -0.4 is 21.1 Å². The van der Waals surface area contributed by atoms with Gasteiger partial charge in [-0.05, 0) is 61.3 Å². The molecule has 5 aliphatic rings. The molecule has 5 fully saturated rings. The van der Waals surface area contributed by atoms with Crippen molar-refractivity contribution < 1.29 is 17.9 Å². The number of alkyl halides is 3. The van der Waals surface area contributed by atoms with E-state index in [9.17, 15) is 18.4 Å². The van der Waals surface area contributed by atoms with Crippen LogP contribution in [0.2, 0.25) is 0 Å². The maximum atomic E-state index is 12.8. The number of ether oxygens (including phenoxy) is 1. The molecule has 5 atom stereocenters. The number of aromatic nitrogens is 2. The van der Waals surface area contributed by atoms with Crippen LogP contribution in [0.15, 0.2) is 30.5 Å². The SMILES string of the molecule is N#Cc1cnc(NCc2ccccc2OC(F)(F)F)nc1NCC12CC3C[C@H](C1)[C@H](N1CC(N)C1)[C@@H](C3)C2. The lowest BCUT2D eigenvalue weighted by molar-refractivity contribution is -0.274. The first kappa shape index (κ1) is 25.2. The zero-order valence-corrected chi connectivity index (χ0v) is 21.0. The molecule has 202 valence electrons. The Kier molecular flexibility index (Phi) is 6.35. The number of rotatable bonds is 8. The largest absolute Gasteiger partial charge is 0.573 e. The predicted molar refractivity (Wildman–Crippen MR) is 135 cm³/mol. The molecule has 0 amide bonds. The van der Waals surface area contributed by atoms with E-state index in [1.54, 1.807) is 12.1 Å². The summed E-state index contributed by atoms with van der Waals surface area (Å²) in [6.45, 7) is 2.81. The average Bonchev–Trinajstić information content (AvgIpc) is 2.84. The van der Waals surface area contributed by atoms with Crippen LogP contribution in [0.1, 0.15) is 43.2 Å². The monoisotopic (exact) mass is 527 g/mol. The molecule has 1 aliphatic heterocycles. The Morgan fingerprint density at radius 1 is 1.13 bits per heavy atom. The van der Waals surface area contributed by atoms with Crippen molar-refractivity contribution >= 4 is 11.8 Å². The number of para-hydroxylation sites is 1. The van der Waals surface area contributed by atoms with Gasteiger partial charge in [0.2, 0.25) is 5.95 Å². The molecule has 4 bridgehead atoms. The Labute approximate surface area is 219 Å². The fourth-order valence-electron chi connectivity index (χ4n) is 7.77. The van der Waals surface area contributed by atoms with E-state index >= 15 is 0 Å². The van der Waals surface area contributed by atoms with Crippen LogP contribution in [0.4, 0.5) is 24.9 Å². The number of hydrogen-bond acceptors (Lipinski definition) is 8. The second-order valence-electron chi connectivity index (χ2n) is 11.6. The summed E-state index contributed by atoms with van der Waals surface area (Å²) < 4.78 is 42.4. The number of hydrogen-bond donors (Lipinski definition) is 3. The molecule has 8 nitrogen and oxygen atoms in total. The molecule has 7 rings (SSSR count). The van der Waals surface area contributed by atoms with Crippen LogP contribution in [0, 0.1) is 34.5 Å². The predicted octanol–water partition coefficient (Wildman–Crippen LogP) is 4.11. The van der Waals surface area contributed by atoms with E-state index in [0.29, 0.717) is 40.9 Å². The van der Waals surface area contributed by atoms with Gasteiger partial charge >= 0.3 is 6.36 Å². The number of halogens is 3. The summed E-state index contributed by atoms with van der Waals surface area (Å²) in [6.07, 6.45) is 2.83. The molecule has 2 unspecified atom stereocenters. The number of nitriles is 1. The molecule has 38 heavy (non-hydrogen) atoms. The van der Waals surface area contributed by atoms with E-state index in [4.69, 9.17) is 5.73 Å². The van der Waals surface area contributed by atoms with Crippen molar-refractivity contribution in [1.82, 2.24) is 14.9 Å². The van der Waals surface area contributed by atoms with Crippen molar-refractivity contribution in [2.75, 3.05) is 30.3 Å². The topological polar surface area (TPSA) is 112 Å². The summed E-state index contributed by atoms with van der Waals surface area (Å²) in [5.41, 5.74) is 6.93. The van der Waals surface area contributed by atoms with E-state index in [0.717, 1.165) is 25.6 Å². The minimum Gasteiger partial charge on any atom is -0.405 e. The van der Waals surface area contributed by atoms with Gasteiger partial charge in [-0.15, -0.1) is 13.2 Å². The van der Waals surface area contributed by atoms with Crippen molar-refractivity contribution in [3.8, 4) is 11.8 Å². The Balaban J connectivity index is 1.13. The smallest absolute Gasteiger partial charge is 0.405 e. The Hall–Kier alpha value is -3.10. The maximum absolute atomic E-state index is 12.8. The highest BCUT2D eigenvalue weighted by atomic mass is 19.4. The van der Waals surface area contributed by atoms with Crippen LogP contribution in [-0.4, -0.2) is 52.9 Å². The summed E-state index contributed by atoms with van der Waals surface area (Å²) in [5.74, 6) is 2.57. The first-order chi connectivity index (χ1) is 18.2. The third-order valence-corrected chi connectivity index (χ3v) is 8.89. The molecule has 0 radical (unpaired) electrons. The van der Waals surface area contributed by atoms with Gasteiger partial charge in [-0.25, -0.2) is 4.98 Å². The second kappa shape index (κ2) is 9.58. The summed E-state index contributed by atoms with van der Waals surface area (Å²) in [4.78, 5) is 11.3. The molecule has 4 saturated carbocycles. The van der Waals surface area contributed by atoms with Crippen molar-refractivity contribution in [3.05, 3.63) is 41.6 Å². The lowest BCUT2D eigenvalue weighted by atomic mass is 9.47. The molecular weight excluding hydrogens is 495 g/mol. The standard InChI is InChI=1S/C27H32F3N7O/c28-27(29,30)38-22-4-2-1-3-17(22)11-33-25-34-12-20(10-31)24(36-25)35-15-26-7-16-5-18(8-26)23(19(6-16)9-26)37-13-21(32)14-37/h1-4,12,16,18-19,21,23H,5-9,11,13-15,32H2,(H2,33,34,35,36)/t16?,18-,19+,23+,26?. The van der Waals surface area contributed by atoms with Crippen LogP contribution >= 0.6 is 0 Å². The van der Waals surface area contributed by atoms with Gasteiger partial charge in [0.15, 0.2) is 0 Å². The van der Waals surface area contributed by atoms with Gasteiger partial charge in [0.1, 0.15) is 23.2 Å². The van der Waals surface area contributed by atoms with Gasteiger partial charge in [-0.1, -0.05) is 18.2 Å². The number of nitrogens with one attached hydrogen (secondary N) is 2. The Bertz CT molecular complexity index is 1210. The molecule has 1 saturated heterocycles. The molecular formula is C27H32F3N7O. The number of nitrogens with zero attached hydrogens (tertiary/aromatic N) is 4. The fraction of sp³-hybridized carbons (Fsp3) is 0.593. The van der Waals surface area contributed by atoms with Crippen molar-refractivity contribution in [3.63, 3.8) is 0 Å². The second-order valence-corrected chi connectivity index (χ2v) is 11.6. The van der Waals surface area contributed by atoms with Crippen LogP contribution in [0.25, 0.3) is 0 Å². The van der Waals surface area contributed by atoms with Crippen molar-refractivity contribution in [2.24, 2.45) is 28.9 Å². The number of anilines is 2. The molecule has 0 spiro atoms. The molecule has 2 aromatic rings. The van der Waals surface area contributed by atoms with Crippen LogP contribution in [0.5, 0.6) is 5.75 Å². The van der Waals surface area contributed by atoms with Gasteiger partial charge in [-0.3, -0.25) is 4.90 Å². The minimum atomic E-state index is -4.78. The Morgan fingerprint density at radius 2 is 1.87 bits per heavy atom. The first-order valence-corrected chi connectivity index (χ1v) is 13.3. The van der Waals surface area contributed by atoms with Crippen molar-refractivity contribution in [2.45, 2.75) is 57.1 Å². The molecule has 1 aromatic carbocycles. The molecule has 2 heterocycles. The zero-order valence-electron chi connectivity index (χ0n) is 21.0. The van der Waals surface area contributed by atoms with Gasteiger partial charge in [0.05, 0.1) is 6.20 Å². The lowest BCUT2D eigenvalue weighted by Crippen LogP contribution is -2.67. The van der Waals surface area contributed by atoms with Crippen molar-refractivity contribution in [1.29, 1.82) is 5.26 Å². The quantitative estimate of drug-likeness (QED) is 0.470. The first-order valence-electron chi connectivity index (χ1n) is 13.3. The zero-order chi connectivity index (χ0) is 26.5. The number of nitrogens with two attached hydrogens (primary N) is 1. The van der Waals surface area contributed by atoms with Gasteiger partial charge in [0.25, 0.3) is 0 Å². The summed E-state index contributed by atoms with van der Waals surface area (Å²) in [6, 6.07) is 9.07. The van der Waals surface area contributed by atoms with Crippen LogP contribution in [-0.2, 0) is 6.54 Å². The summed E-state index contributed by atoms with van der Waals surface area (Å²) in [5, 5.41) is 16.1. The van der Waals surface area contributed by atoms with Crippen LogP contribution in [0.3, 0.4) is 0 Å². The van der Waals surface area contributed by atoms with E-state index in [-0.39, 0.29) is 23.7 Å². The summed E-state index contributed by atoms with van der Waals surface area (Å²) in [7, 11) is 0. The lowest BCUT2D eigenvalue weighted by Gasteiger charge is -2.64. The van der Waals surface area contributed by atoms with E-state index in [1.165, 1.54) is 50.4 Å². The van der Waals surface area contributed by atoms with Gasteiger partial charge < -0.3 is 21.1 Å². The highest BCUT2D eigenvalue weighted by Crippen LogP contribution is 2.61. The third kappa shape index (κ3) is 4.99. The average molecular weight is 528 g/mol. The fourth-order valence-corrected chi connectivity index (χ4v) is 7.77. The van der Waals surface area contributed by atoms with Gasteiger partial charge in [0, 0.05) is 43.8 Å². The highest BCUT2D eigenvalue weighted by Gasteiger charge is 2.57. The number of likely N-dealkylation sites (tertiary alicyclic amines) is 1. The Morgan fingerprint density at radius 3 is 2.55 bits per heavy atom. The van der Waals surface area contributed by atoms with E-state index in [1.807, 2.05) is 0 Å². The van der Waals surface area contributed by atoms with Gasteiger partial charge in [-0.2, -0.15) is 10.2 Å². The molecule has 1 aromatic heterocycles. The normalized spacial score (nSPS) is 30.5. The molecule has 4 aliphatic carbocycles. The highest BCUT2D eigenvalue weighted by molar-refractivity contribution is 5.53.